The summed E-state index contributed by atoms with van der Waals surface area (Å²) in [6, 6.07) is 0.713. The van der Waals surface area contributed by atoms with Crippen molar-refractivity contribution in [2.45, 2.75) is 58.9 Å². The van der Waals surface area contributed by atoms with Gasteiger partial charge in [-0.2, -0.15) is 0 Å². The SMILES string of the molecule is CCCC1(CN(CC2CC2)C(C)C)CCNC1. The highest BCUT2D eigenvalue weighted by molar-refractivity contribution is 4.92. The van der Waals surface area contributed by atoms with E-state index in [1.54, 1.807) is 0 Å². The quantitative estimate of drug-likeness (QED) is 0.733. The zero-order valence-electron chi connectivity index (χ0n) is 12.0. The number of nitrogens with zero attached hydrogens (tertiary/aromatic N) is 1. The minimum absolute atomic E-state index is 0.577. The van der Waals surface area contributed by atoms with Crippen molar-refractivity contribution in [1.82, 2.24) is 10.2 Å². The van der Waals surface area contributed by atoms with E-state index in [9.17, 15) is 0 Å². The first-order valence-corrected chi connectivity index (χ1v) is 7.60. The van der Waals surface area contributed by atoms with Crippen LogP contribution in [0.5, 0.6) is 0 Å². The molecule has 2 nitrogen and oxygen atoms in total. The van der Waals surface area contributed by atoms with Gasteiger partial charge >= 0.3 is 0 Å². The molecule has 1 N–H and O–H groups in total. The van der Waals surface area contributed by atoms with Crippen LogP contribution in [-0.2, 0) is 0 Å². The summed E-state index contributed by atoms with van der Waals surface area (Å²) in [5.74, 6) is 1.02. The Labute approximate surface area is 107 Å². The number of hydrogen-bond acceptors (Lipinski definition) is 2. The van der Waals surface area contributed by atoms with Crippen molar-refractivity contribution in [2.24, 2.45) is 11.3 Å². The molecule has 1 atom stereocenters. The molecule has 1 aliphatic heterocycles. The maximum absolute atomic E-state index is 3.58. The predicted octanol–water partition coefficient (Wildman–Crippen LogP) is 2.89. The summed E-state index contributed by atoms with van der Waals surface area (Å²) >= 11 is 0. The Morgan fingerprint density at radius 2 is 2.12 bits per heavy atom. The number of rotatable bonds is 7. The fraction of sp³-hybridized carbons (Fsp3) is 1.00. The molecule has 0 amide bonds. The van der Waals surface area contributed by atoms with E-state index in [-0.39, 0.29) is 0 Å². The Morgan fingerprint density at radius 1 is 1.35 bits per heavy atom. The Morgan fingerprint density at radius 3 is 2.59 bits per heavy atom. The molecule has 1 saturated carbocycles. The third-order valence-corrected chi connectivity index (χ3v) is 4.57. The van der Waals surface area contributed by atoms with E-state index in [1.807, 2.05) is 0 Å². The molecule has 0 aromatic heterocycles. The Balaban J connectivity index is 1.92. The molecular formula is C15H30N2. The lowest BCUT2D eigenvalue weighted by atomic mass is 9.81. The highest BCUT2D eigenvalue weighted by atomic mass is 15.2. The summed E-state index contributed by atoms with van der Waals surface area (Å²) in [7, 11) is 0. The van der Waals surface area contributed by atoms with E-state index < -0.39 is 0 Å². The minimum atomic E-state index is 0.577. The van der Waals surface area contributed by atoms with Gasteiger partial charge in [-0.15, -0.1) is 0 Å². The Kier molecular flexibility index (Phi) is 4.48. The highest BCUT2D eigenvalue weighted by Crippen LogP contribution is 2.35. The van der Waals surface area contributed by atoms with Crippen molar-refractivity contribution >= 4 is 0 Å². The van der Waals surface area contributed by atoms with Crippen molar-refractivity contribution < 1.29 is 0 Å². The third-order valence-electron chi connectivity index (χ3n) is 4.57. The molecule has 2 heteroatoms. The Bertz CT molecular complexity index is 227. The zero-order chi connectivity index (χ0) is 12.3. The first-order chi connectivity index (χ1) is 8.15. The monoisotopic (exact) mass is 238 g/mol. The van der Waals surface area contributed by atoms with Gasteiger partial charge in [-0.1, -0.05) is 13.3 Å². The number of nitrogens with one attached hydrogen (secondary N) is 1. The van der Waals surface area contributed by atoms with E-state index in [4.69, 9.17) is 0 Å². The van der Waals surface area contributed by atoms with Gasteiger partial charge in [0.25, 0.3) is 0 Å². The topological polar surface area (TPSA) is 15.3 Å². The normalized spacial score (nSPS) is 29.5. The van der Waals surface area contributed by atoms with Crippen LogP contribution in [-0.4, -0.2) is 37.1 Å². The third kappa shape index (κ3) is 3.69. The van der Waals surface area contributed by atoms with Crippen LogP contribution in [0.1, 0.15) is 52.9 Å². The second-order valence-corrected chi connectivity index (χ2v) is 6.64. The van der Waals surface area contributed by atoms with Gasteiger partial charge < -0.3 is 10.2 Å². The molecule has 1 aliphatic carbocycles. The first-order valence-electron chi connectivity index (χ1n) is 7.60. The molecule has 2 rings (SSSR count). The molecule has 1 unspecified atom stereocenters. The number of hydrogen-bond donors (Lipinski definition) is 1. The van der Waals surface area contributed by atoms with Gasteiger partial charge in [0.05, 0.1) is 0 Å². The van der Waals surface area contributed by atoms with Gasteiger partial charge in [0.15, 0.2) is 0 Å². The lowest BCUT2D eigenvalue weighted by Gasteiger charge is -2.37. The molecule has 100 valence electrons. The van der Waals surface area contributed by atoms with E-state index in [1.165, 1.54) is 58.3 Å². The van der Waals surface area contributed by atoms with E-state index in [0.29, 0.717) is 11.5 Å². The average Bonchev–Trinajstić information content (AvgIpc) is 2.98. The smallest absolute Gasteiger partial charge is 0.00534 e. The molecule has 0 aromatic rings. The minimum Gasteiger partial charge on any atom is -0.316 e. The molecule has 0 aromatic carbocycles. The lowest BCUT2D eigenvalue weighted by Crippen LogP contribution is -2.43. The van der Waals surface area contributed by atoms with Crippen LogP contribution < -0.4 is 5.32 Å². The van der Waals surface area contributed by atoms with Crippen LogP contribution >= 0.6 is 0 Å². The fourth-order valence-electron chi connectivity index (χ4n) is 3.27. The fourth-order valence-corrected chi connectivity index (χ4v) is 3.27. The summed E-state index contributed by atoms with van der Waals surface area (Å²) in [6.07, 6.45) is 7.06. The largest absolute Gasteiger partial charge is 0.316 e. The molecule has 0 bridgehead atoms. The lowest BCUT2D eigenvalue weighted by molar-refractivity contribution is 0.119. The van der Waals surface area contributed by atoms with Crippen molar-refractivity contribution in [2.75, 3.05) is 26.2 Å². The van der Waals surface area contributed by atoms with Gasteiger partial charge in [-0.25, -0.2) is 0 Å². The second kappa shape index (κ2) is 5.71. The summed E-state index contributed by atoms with van der Waals surface area (Å²) in [5.41, 5.74) is 0.577. The van der Waals surface area contributed by atoms with Crippen LogP contribution in [0.3, 0.4) is 0 Å². The van der Waals surface area contributed by atoms with Crippen molar-refractivity contribution in [1.29, 1.82) is 0 Å². The molecular weight excluding hydrogens is 208 g/mol. The maximum Gasteiger partial charge on any atom is 0.00534 e. The summed E-state index contributed by atoms with van der Waals surface area (Å²) in [4.78, 5) is 2.75. The molecule has 2 fully saturated rings. The molecule has 1 saturated heterocycles. The molecule has 1 heterocycles. The van der Waals surface area contributed by atoms with Gasteiger partial charge in [-0.05, 0) is 57.4 Å². The second-order valence-electron chi connectivity index (χ2n) is 6.64. The summed E-state index contributed by atoms with van der Waals surface area (Å²) in [5, 5.41) is 3.58. The summed E-state index contributed by atoms with van der Waals surface area (Å²) < 4.78 is 0. The molecule has 2 aliphatic rings. The van der Waals surface area contributed by atoms with Gasteiger partial charge in [0, 0.05) is 25.7 Å². The molecule has 0 spiro atoms. The molecule has 0 radical (unpaired) electrons. The average molecular weight is 238 g/mol. The van der Waals surface area contributed by atoms with E-state index in [2.05, 4.69) is 31.0 Å². The predicted molar refractivity (Wildman–Crippen MR) is 74.3 cm³/mol. The van der Waals surface area contributed by atoms with Crippen LogP contribution in [0.2, 0.25) is 0 Å². The van der Waals surface area contributed by atoms with Gasteiger partial charge in [-0.3, -0.25) is 0 Å². The zero-order valence-corrected chi connectivity index (χ0v) is 12.0. The maximum atomic E-state index is 3.58. The van der Waals surface area contributed by atoms with Crippen LogP contribution in [0.25, 0.3) is 0 Å². The van der Waals surface area contributed by atoms with E-state index >= 15 is 0 Å². The Hall–Kier alpha value is -0.0800. The van der Waals surface area contributed by atoms with Crippen LogP contribution in [0.4, 0.5) is 0 Å². The van der Waals surface area contributed by atoms with Crippen LogP contribution in [0.15, 0.2) is 0 Å². The summed E-state index contributed by atoms with van der Waals surface area (Å²) in [6.45, 7) is 12.2. The van der Waals surface area contributed by atoms with Crippen molar-refractivity contribution in [3.05, 3.63) is 0 Å². The standard InChI is InChI=1S/C15H30N2/c1-4-7-15(8-9-16-11-15)12-17(13(2)3)10-14-5-6-14/h13-14,16H,4-12H2,1-3H3. The van der Waals surface area contributed by atoms with Crippen molar-refractivity contribution in [3.8, 4) is 0 Å². The van der Waals surface area contributed by atoms with E-state index in [0.717, 1.165) is 5.92 Å². The van der Waals surface area contributed by atoms with Gasteiger partial charge in [0.1, 0.15) is 0 Å². The molecule has 17 heavy (non-hydrogen) atoms. The van der Waals surface area contributed by atoms with Gasteiger partial charge in [0.2, 0.25) is 0 Å². The van der Waals surface area contributed by atoms with Crippen molar-refractivity contribution in [3.63, 3.8) is 0 Å². The first kappa shape index (κ1) is 13.4. The van der Waals surface area contributed by atoms with Crippen LogP contribution in [0, 0.1) is 11.3 Å². The highest BCUT2D eigenvalue weighted by Gasteiger charge is 2.36.